The van der Waals surface area contributed by atoms with Crippen molar-refractivity contribution in [2.24, 2.45) is 0 Å². The summed E-state index contributed by atoms with van der Waals surface area (Å²) in [4.78, 5) is 3.44. The van der Waals surface area contributed by atoms with E-state index in [-0.39, 0.29) is 0 Å². The Bertz CT molecular complexity index is 361. The summed E-state index contributed by atoms with van der Waals surface area (Å²) in [6.07, 6.45) is 10.9. The highest BCUT2D eigenvalue weighted by Crippen LogP contribution is 1.65. The van der Waals surface area contributed by atoms with Gasteiger partial charge in [0.2, 0.25) is 19.2 Å². The van der Waals surface area contributed by atoms with Gasteiger partial charge in [0.1, 0.15) is 6.26 Å². The van der Waals surface area contributed by atoms with Gasteiger partial charge in [-0.25, -0.2) is 9.61 Å². The van der Waals surface area contributed by atoms with Crippen molar-refractivity contribution in [1.29, 1.82) is 0 Å². The van der Waals surface area contributed by atoms with Crippen molar-refractivity contribution in [3.63, 3.8) is 0 Å². The summed E-state index contributed by atoms with van der Waals surface area (Å²) in [7, 11) is 0. The Morgan fingerprint density at radius 2 is 1.50 bits per heavy atom. The van der Waals surface area contributed by atoms with E-state index in [4.69, 9.17) is 0 Å². The summed E-state index contributed by atoms with van der Waals surface area (Å²) >= 11 is 0. The second-order valence-electron chi connectivity index (χ2n) is 2.34. The molecule has 0 aliphatic rings. The smallest absolute Gasteiger partial charge is 0.213 e. The average Bonchev–Trinajstić information content (AvgIpc) is 3.40. The van der Waals surface area contributed by atoms with Crippen molar-refractivity contribution in [3.05, 3.63) is 50.4 Å². The molecule has 4 heterocycles. The lowest BCUT2D eigenvalue weighted by Crippen LogP contribution is -1.53. The lowest BCUT2D eigenvalue weighted by atomic mass is 11.0. The minimum absolute atomic E-state index is 1.26. The quantitative estimate of drug-likeness (QED) is 0.434. The summed E-state index contributed by atoms with van der Waals surface area (Å²) in [6, 6.07) is 0. The number of aromatic nitrogens is 8. The fourth-order valence-electron chi connectivity index (χ4n) is 0.544. The molecule has 0 bridgehead atoms. The molecule has 0 atom stereocenters. The van der Waals surface area contributed by atoms with Crippen molar-refractivity contribution in [2.45, 2.75) is 0 Å². The highest BCUT2D eigenvalue weighted by atomic mass is 16.6. The van der Waals surface area contributed by atoms with Crippen LogP contribution in [0.25, 0.3) is 0 Å². The van der Waals surface area contributed by atoms with E-state index in [9.17, 15) is 0 Å². The number of hydrogen-bond acceptors (Lipinski definition) is 12. The maximum absolute atomic E-state index is 4.36. The summed E-state index contributed by atoms with van der Waals surface area (Å²) < 4.78 is 16.9. The van der Waals surface area contributed by atoms with Crippen LogP contribution < -0.4 is 0 Å². The Labute approximate surface area is 110 Å². The summed E-state index contributed by atoms with van der Waals surface area (Å²) in [5.74, 6) is 0. The lowest BCUT2D eigenvalue weighted by Gasteiger charge is -1.45. The van der Waals surface area contributed by atoms with E-state index in [1.165, 1.54) is 50.4 Å². The van der Waals surface area contributed by atoms with Gasteiger partial charge in [0.15, 0.2) is 6.33 Å². The van der Waals surface area contributed by atoms with E-state index >= 15 is 0 Å². The number of hydrogen-bond donors (Lipinski definition) is 0. The van der Waals surface area contributed by atoms with Gasteiger partial charge in [-0.1, -0.05) is 15.5 Å². The maximum Gasteiger partial charge on any atom is 0.213 e. The molecule has 0 saturated carbocycles. The molecule has 4 aromatic rings. The Balaban J connectivity index is 0.000000133. The highest BCUT2D eigenvalue weighted by molar-refractivity contribution is 4.52. The van der Waals surface area contributed by atoms with Crippen LogP contribution in [0.15, 0.2) is 68.5 Å². The van der Waals surface area contributed by atoms with Crippen LogP contribution in [-0.4, -0.2) is 41.0 Å². The van der Waals surface area contributed by atoms with Gasteiger partial charge in [-0.05, 0) is 0 Å². The van der Waals surface area contributed by atoms with Crippen molar-refractivity contribution in [1.82, 2.24) is 41.0 Å². The molecule has 0 fully saturated rings. The van der Waals surface area contributed by atoms with Gasteiger partial charge in [0.05, 0.1) is 18.6 Å². The zero-order valence-corrected chi connectivity index (χ0v) is 9.83. The third kappa shape index (κ3) is 9.76. The molecule has 0 aromatic carbocycles. The molecule has 104 valence electrons. The molecule has 0 aliphatic heterocycles. The normalized spacial score (nSPS) is 8.00. The van der Waals surface area contributed by atoms with E-state index in [1.54, 1.807) is 0 Å². The summed E-state index contributed by atoms with van der Waals surface area (Å²) in [5.41, 5.74) is 0. The second-order valence-corrected chi connectivity index (χ2v) is 2.34. The predicted octanol–water partition coefficient (Wildman–Crippen LogP) is 0.278. The first-order valence-electron chi connectivity index (χ1n) is 4.81. The molecule has 0 radical (unpaired) electrons. The minimum Gasteiger partial charge on any atom is -0.431 e. The summed E-state index contributed by atoms with van der Waals surface area (Å²) in [6.45, 7) is 0. The molecule has 0 amide bonds. The van der Waals surface area contributed by atoms with Crippen LogP contribution in [0.4, 0.5) is 0 Å². The molecule has 0 saturated heterocycles. The topological polar surface area (TPSA) is 156 Å². The third-order valence-corrected chi connectivity index (χ3v) is 1.13. The van der Waals surface area contributed by atoms with Crippen LogP contribution in [-0.2, 0) is 0 Å². The first-order valence-corrected chi connectivity index (χ1v) is 4.81. The van der Waals surface area contributed by atoms with Crippen LogP contribution >= 0.6 is 0 Å². The molecule has 4 rings (SSSR count). The Morgan fingerprint density at radius 3 is 1.70 bits per heavy atom. The molecule has 0 aliphatic carbocycles. The number of nitrogens with zero attached hydrogens (tertiary/aromatic N) is 8. The Kier molecular flexibility index (Phi) is 8.79. The molecular weight excluding hydrogens is 272 g/mol. The van der Waals surface area contributed by atoms with E-state index in [2.05, 4.69) is 59.1 Å². The molecule has 0 spiro atoms. The molecule has 0 unspecified atom stereocenters. The Morgan fingerprint density at radius 1 is 0.700 bits per heavy atom. The molecule has 4 aromatic heterocycles. The first-order chi connectivity index (χ1) is 10.0. The van der Waals surface area contributed by atoms with E-state index < -0.39 is 0 Å². The van der Waals surface area contributed by atoms with E-state index in [0.717, 1.165) is 0 Å². The van der Waals surface area contributed by atoms with Crippen LogP contribution in [0, 0.1) is 0 Å². The van der Waals surface area contributed by atoms with Gasteiger partial charge < -0.3 is 13.5 Å². The van der Waals surface area contributed by atoms with Gasteiger partial charge in [-0.3, -0.25) is 0 Å². The molecule has 0 N–H and O–H groups in total. The lowest BCUT2D eigenvalue weighted by molar-refractivity contribution is 0.307. The van der Waals surface area contributed by atoms with Gasteiger partial charge >= 0.3 is 0 Å². The van der Waals surface area contributed by atoms with E-state index in [1.807, 2.05) is 0 Å². The largest absolute Gasteiger partial charge is 0.431 e. The monoisotopic (exact) mass is 280 g/mol. The van der Waals surface area contributed by atoms with Crippen molar-refractivity contribution in [2.75, 3.05) is 0 Å². The first kappa shape index (κ1) is 14.6. The van der Waals surface area contributed by atoms with Gasteiger partial charge in [0, 0.05) is 5.27 Å². The van der Waals surface area contributed by atoms with Gasteiger partial charge in [0.25, 0.3) is 0 Å². The van der Waals surface area contributed by atoms with Crippen molar-refractivity contribution >= 4 is 0 Å². The standard InChI is InChI=1S/4C2H2N2O/c1-3-4-2-5-1;1-3-2-5-4-1;1-2-5-4-3-1;1-2-4-5-3-1/h4*1-2H. The molecule has 12 nitrogen and oxygen atoms in total. The predicted molar refractivity (Wildman–Crippen MR) is 57.2 cm³/mol. The maximum atomic E-state index is 4.36. The minimum atomic E-state index is 1.26. The van der Waals surface area contributed by atoms with Gasteiger partial charge in [-0.15, -0.1) is 15.3 Å². The SMILES string of the molecule is c1cnon1.c1conn1.c1ncon1.c1nnco1. The van der Waals surface area contributed by atoms with Crippen LogP contribution in [0.3, 0.4) is 0 Å². The summed E-state index contributed by atoms with van der Waals surface area (Å²) in [5, 5.41) is 22.7. The molecular formula is C8H8N8O4. The number of rotatable bonds is 0. The van der Waals surface area contributed by atoms with Crippen LogP contribution in [0.5, 0.6) is 0 Å². The van der Waals surface area contributed by atoms with Crippen molar-refractivity contribution in [3.8, 4) is 0 Å². The Hall–Kier alpha value is -3.44. The molecule has 20 heavy (non-hydrogen) atoms. The zero-order chi connectivity index (χ0) is 14.1. The van der Waals surface area contributed by atoms with Gasteiger partial charge in [-0.2, -0.15) is 0 Å². The van der Waals surface area contributed by atoms with Crippen LogP contribution in [0.1, 0.15) is 0 Å². The third-order valence-electron chi connectivity index (χ3n) is 1.13. The van der Waals surface area contributed by atoms with E-state index in [0.29, 0.717) is 0 Å². The van der Waals surface area contributed by atoms with Crippen molar-refractivity contribution < 1.29 is 18.1 Å². The fraction of sp³-hybridized carbons (Fsp3) is 0. The van der Waals surface area contributed by atoms with Crippen LogP contribution in [0.2, 0.25) is 0 Å². The zero-order valence-electron chi connectivity index (χ0n) is 9.83. The average molecular weight is 280 g/mol. The fourth-order valence-corrected chi connectivity index (χ4v) is 0.544. The molecule has 12 heteroatoms. The second kappa shape index (κ2) is 12.0. The highest BCUT2D eigenvalue weighted by Gasteiger charge is 1.62.